The fourth-order valence-corrected chi connectivity index (χ4v) is 1.86. The summed E-state index contributed by atoms with van der Waals surface area (Å²) in [6.45, 7) is 11.8. The highest BCUT2D eigenvalue weighted by Gasteiger charge is 2.44. The second-order valence-electron chi connectivity index (χ2n) is 5.70. The van der Waals surface area contributed by atoms with E-state index in [0.717, 1.165) is 0 Å². The smallest absolute Gasteiger partial charge is 0.413 e. The summed E-state index contributed by atoms with van der Waals surface area (Å²) in [4.78, 5) is 13.8. The van der Waals surface area contributed by atoms with E-state index in [1.165, 1.54) is 0 Å². The molecule has 0 aromatic rings. The summed E-state index contributed by atoms with van der Waals surface area (Å²) in [7, 11) is 0. The number of nitrogens with zero attached hydrogens (tertiary/aromatic N) is 1. The third-order valence-corrected chi connectivity index (χ3v) is 2.52. The second kappa shape index (κ2) is 4.69. The van der Waals surface area contributed by atoms with Crippen LogP contribution in [0, 0.1) is 0 Å². The van der Waals surface area contributed by atoms with Crippen molar-refractivity contribution in [3.05, 3.63) is 12.2 Å². The largest absolute Gasteiger partial charge is 0.444 e. The van der Waals surface area contributed by atoms with Crippen LogP contribution in [0.5, 0.6) is 0 Å². The number of ether oxygens (including phenoxy) is 2. The van der Waals surface area contributed by atoms with E-state index < -0.39 is 11.3 Å². The van der Waals surface area contributed by atoms with Gasteiger partial charge in [0.25, 0.3) is 0 Å². The topological polar surface area (TPSA) is 38.8 Å². The molecule has 0 spiro atoms. The first-order valence-corrected chi connectivity index (χ1v) is 5.96. The lowest BCUT2D eigenvalue weighted by atomic mass is 10.2. The molecule has 1 rings (SSSR count). The van der Waals surface area contributed by atoms with Crippen LogP contribution in [-0.4, -0.2) is 35.0 Å². The Bertz CT molecular complexity index is 315. The van der Waals surface area contributed by atoms with Gasteiger partial charge in [-0.05, 0) is 41.5 Å². The Morgan fingerprint density at radius 1 is 1.47 bits per heavy atom. The molecule has 0 radical (unpaired) electrons. The van der Waals surface area contributed by atoms with Crippen LogP contribution in [0.3, 0.4) is 0 Å². The van der Waals surface area contributed by atoms with Gasteiger partial charge in [0.1, 0.15) is 11.3 Å². The van der Waals surface area contributed by atoms with Crippen molar-refractivity contribution < 1.29 is 14.3 Å². The zero-order chi connectivity index (χ0) is 13.3. The molecule has 4 heteroatoms. The molecule has 1 heterocycles. The Morgan fingerprint density at radius 3 is 2.53 bits per heavy atom. The molecule has 17 heavy (non-hydrogen) atoms. The molecule has 0 unspecified atom stereocenters. The minimum absolute atomic E-state index is 0.0511. The lowest BCUT2D eigenvalue weighted by Gasteiger charge is -2.34. The van der Waals surface area contributed by atoms with Crippen molar-refractivity contribution in [2.75, 3.05) is 6.61 Å². The van der Waals surface area contributed by atoms with Gasteiger partial charge in [-0.2, -0.15) is 0 Å². The standard InChI is InChI=1S/C13H23NO3/c1-7-8-10-9-16-13(5,6)14(10)11(15)17-12(2,3)4/h7-8,10H,9H2,1-6H3/b8-7+/t10-/m0/s1. The molecule has 98 valence electrons. The average Bonchev–Trinajstić information content (AvgIpc) is 2.39. The monoisotopic (exact) mass is 241 g/mol. The molecule has 0 bridgehead atoms. The van der Waals surface area contributed by atoms with Crippen molar-refractivity contribution in [1.82, 2.24) is 4.90 Å². The van der Waals surface area contributed by atoms with Crippen molar-refractivity contribution in [2.24, 2.45) is 0 Å². The molecule has 1 atom stereocenters. The highest BCUT2D eigenvalue weighted by molar-refractivity contribution is 5.70. The number of rotatable bonds is 1. The predicted octanol–water partition coefficient (Wildman–Crippen LogP) is 2.93. The fourth-order valence-electron chi connectivity index (χ4n) is 1.86. The highest BCUT2D eigenvalue weighted by atomic mass is 16.6. The van der Waals surface area contributed by atoms with Gasteiger partial charge in [-0.1, -0.05) is 12.2 Å². The normalized spacial score (nSPS) is 24.4. The maximum atomic E-state index is 12.2. The summed E-state index contributed by atoms with van der Waals surface area (Å²) in [6.07, 6.45) is 3.55. The van der Waals surface area contributed by atoms with Crippen LogP contribution in [0.4, 0.5) is 4.79 Å². The van der Waals surface area contributed by atoms with E-state index in [9.17, 15) is 4.79 Å². The van der Waals surface area contributed by atoms with Gasteiger partial charge in [-0.3, -0.25) is 4.90 Å². The number of carbonyl (C=O) groups excluding carboxylic acids is 1. The summed E-state index contributed by atoms with van der Waals surface area (Å²) in [6, 6.07) is -0.0511. The highest BCUT2D eigenvalue weighted by Crippen LogP contribution is 2.29. The molecule has 0 aromatic heterocycles. The number of amides is 1. The number of allylic oxidation sites excluding steroid dienone is 1. The lowest BCUT2D eigenvalue weighted by Crippen LogP contribution is -2.49. The fraction of sp³-hybridized carbons (Fsp3) is 0.769. The van der Waals surface area contributed by atoms with Gasteiger partial charge in [0.05, 0.1) is 12.6 Å². The quantitative estimate of drug-likeness (QED) is 0.662. The van der Waals surface area contributed by atoms with Crippen LogP contribution in [0.15, 0.2) is 12.2 Å². The van der Waals surface area contributed by atoms with Gasteiger partial charge in [-0.15, -0.1) is 0 Å². The summed E-state index contributed by atoms with van der Waals surface area (Å²) in [5, 5.41) is 0. The summed E-state index contributed by atoms with van der Waals surface area (Å²) >= 11 is 0. The molecular weight excluding hydrogens is 218 g/mol. The van der Waals surface area contributed by atoms with Gasteiger partial charge in [0.2, 0.25) is 0 Å². The van der Waals surface area contributed by atoms with Crippen LogP contribution >= 0.6 is 0 Å². The van der Waals surface area contributed by atoms with Crippen LogP contribution in [0.2, 0.25) is 0 Å². The minimum atomic E-state index is -0.619. The predicted molar refractivity (Wildman–Crippen MR) is 66.7 cm³/mol. The zero-order valence-corrected chi connectivity index (χ0v) is 11.6. The molecule has 4 nitrogen and oxygen atoms in total. The minimum Gasteiger partial charge on any atom is -0.444 e. The molecular formula is C13H23NO3. The maximum absolute atomic E-state index is 12.2. The van der Waals surface area contributed by atoms with Gasteiger partial charge >= 0.3 is 6.09 Å². The van der Waals surface area contributed by atoms with Crippen molar-refractivity contribution >= 4 is 6.09 Å². The number of carbonyl (C=O) groups is 1. The Kier molecular flexibility index (Phi) is 3.87. The average molecular weight is 241 g/mol. The summed E-state index contributed by atoms with van der Waals surface area (Å²) in [5.41, 5.74) is -1.11. The van der Waals surface area contributed by atoms with Crippen LogP contribution in [0.1, 0.15) is 41.5 Å². The summed E-state index contributed by atoms with van der Waals surface area (Å²) in [5.74, 6) is 0. The molecule has 0 aromatic carbocycles. The van der Waals surface area contributed by atoms with Crippen molar-refractivity contribution in [3.8, 4) is 0 Å². The Labute approximate surface area is 104 Å². The number of hydrogen-bond donors (Lipinski definition) is 0. The van der Waals surface area contributed by atoms with Crippen LogP contribution < -0.4 is 0 Å². The molecule has 1 amide bonds. The van der Waals surface area contributed by atoms with E-state index >= 15 is 0 Å². The molecule has 0 aliphatic carbocycles. The third kappa shape index (κ3) is 3.46. The van der Waals surface area contributed by atoms with E-state index in [4.69, 9.17) is 9.47 Å². The van der Waals surface area contributed by atoms with E-state index in [1.54, 1.807) is 4.90 Å². The van der Waals surface area contributed by atoms with Gasteiger partial charge in [-0.25, -0.2) is 4.79 Å². The van der Waals surface area contributed by atoms with E-state index in [-0.39, 0.29) is 12.1 Å². The van der Waals surface area contributed by atoms with E-state index in [1.807, 2.05) is 53.7 Å². The molecule has 0 saturated carbocycles. The SMILES string of the molecule is C/C=C/[C@H]1COC(C)(C)N1C(=O)OC(C)(C)C. The molecule has 1 fully saturated rings. The number of hydrogen-bond acceptors (Lipinski definition) is 3. The second-order valence-corrected chi connectivity index (χ2v) is 5.70. The molecule has 1 aliphatic heterocycles. The van der Waals surface area contributed by atoms with E-state index in [0.29, 0.717) is 6.61 Å². The van der Waals surface area contributed by atoms with Gasteiger partial charge < -0.3 is 9.47 Å². The lowest BCUT2D eigenvalue weighted by molar-refractivity contribution is -0.0610. The molecule has 1 aliphatic rings. The first-order valence-electron chi connectivity index (χ1n) is 5.96. The first-order chi connectivity index (χ1) is 7.67. The first kappa shape index (κ1) is 14.0. The van der Waals surface area contributed by atoms with Crippen LogP contribution in [-0.2, 0) is 9.47 Å². The molecule has 0 N–H and O–H groups in total. The van der Waals surface area contributed by atoms with Crippen molar-refractivity contribution in [1.29, 1.82) is 0 Å². The summed E-state index contributed by atoms with van der Waals surface area (Å²) < 4.78 is 11.0. The van der Waals surface area contributed by atoms with Gasteiger partial charge in [0, 0.05) is 0 Å². The Hall–Kier alpha value is -1.03. The maximum Gasteiger partial charge on any atom is 0.413 e. The van der Waals surface area contributed by atoms with Gasteiger partial charge in [0.15, 0.2) is 0 Å². The third-order valence-electron chi connectivity index (χ3n) is 2.52. The Balaban J connectivity index is 2.86. The zero-order valence-electron chi connectivity index (χ0n) is 11.6. The molecule has 1 saturated heterocycles. The van der Waals surface area contributed by atoms with Crippen molar-refractivity contribution in [2.45, 2.75) is 58.9 Å². The van der Waals surface area contributed by atoms with Crippen molar-refractivity contribution in [3.63, 3.8) is 0 Å². The Morgan fingerprint density at radius 2 is 2.06 bits per heavy atom. The van der Waals surface area contributed by atoms with Crippen LogP contribution in [0.25, 0.3) is 0 Å². The van der Waals surface area contributed by atoms with E-state index in [2.05, 4.69) is 0 Å².